The molecule has 7 heteroatoms. The van der Waals surface area contributed by atoms with E-state index in [0.717, 1.165) is 4.90 Å². The number of carboxylic acid groups (broad SMARTS) is 1. The number of aryl methyl sites for hydroxylation is 1. The van der Waals surface area contributed by atoms with Gasteiger partial charge in [-0.25, -0.2) is 14.6 Å². The summed E-state index contributed by atoms with van der Waals surface area (Å²) in [4.78, 5) is 27.2. The molecule has 17 heavy (non-hydrogen) atoms. The average Bonchev–Trinajstić information content (AvgIpc) is 2.69. The maximum Gasteiger partial charge on any atom is 0.326 e. The van der Waals surface area contributed by atoms with E-state index in [2.05, 4.69) is 10.3 Å². The Morgan fingerprint density at radius 2 is 2.29 bits per heavy atom. The van der Waals surface area contributed by atoms with Gasteiger partial charge in [-0.1, -0.05) is 0 Å². The molecule has 0 radical (unpaired) electrons. The molecule has 1 rings (SSSR count). The fraction of sp³-hybridized carbons (Fsp3) is 0.500. The van der Waals surface area contributed by atoms with Crippen LogP contribution in [0.3, 0.4) is 0 Å². The van der Waals surface area contributed by atoms with E-state index in [4.69, 9.17) is 9.52 Å². The topological polar surface area (TPSA) is 95.7 Å². The highest BCUT2D eigenvalue weighted by atomic mass is 16.4. The minimum atomic E-state index is -1.06. The van der Waals surface area contributed by atoms with Crippen LogP contribution in [0.5, 0.6) is 0 Å². The third kappa shape index (κ3) is 3.47. The van der Waals surface area contributed by atoms with E-state index in [9.17, 15) is 9.59 Å². The van der Waals surface area contributed by atoms with Crippen molar-refractivity contribution < 1.29 is 19.1 Å². The van der Waals surface area contributed by atoms with E-state index in [1.54, 1.807) is 13.1 Å². The average molecular weight is 241 g/mol. The number of rotatable bonds is 4. The second-order valence-electron chi connectivity index (χ2n) is 3.65. The fourth-order valence-corrected chi connectivity index (χ4v) is 1.10. The summed E-state index contributed by atoms with van der Waals surface area (Å²) in [6.07, 6.45) is 1.55. The molecule has 1 aromatic heterocycles. The Kier molecular flexibility index (Phi) is 4.08. The summed E-state index contributed by atoms with van der Waals surface area (Å²) in [6.45, 7) is 3.30. The molecule has 0 aliphatic heterocycles. The number of oxazole rings is 1. The number of aliphatic carboxylic acids is 1. The number of aromatic nitrogens is 1. The van der Waals surface area contributed by atoms with Gasteiger partial charge in [-0.05, 0) is 13.8 Å². The molecule has 0 aliphatic rings. The lowest BCUT2D eigenvalue weighted by Gasteiger charge is -2.21. The molecule has 2 N–H and O–H groups in total. The van der Waals surface area contributed by atoms with Crippen LogP contribution in [0, 0.1) is 6.92 Å². The zero-order chi connectivity index (χ0) is 13.0. The highest BCUT2D eigenvalue weighted by molar-refractivity contribution is 5.81. The SMILES string of the molecule is Cc1cnc(CNC(=O)N(C)C(C)C(=O)O)o1. The Labute approximate surface area is 98.4 Å². The molecule has 7 nitrogen and oxygen atoms in total. The molecule has 0 bridgehead atoms. The molecular formula is C10H15N3O4. The van der Waals surface area contributed by atoms with Gasteiger partial charge in [0.1, 0.15) is 11.8 Å². The summed E-state index contributed by atoms with van der Waals surface area (Å²) in [6, 6.07) is -1.38. The minimum absolute atomic E-state index is 0.128. The maximum atomic E-state index is 11.6. The molecule has 0 saturated heterocycles. The van der Waals surface area contributed by atoms with Crippen molar-refractivity contribution in [2.24, 2.45) is 0 Å². The van der Waals surface area contributed by atoms with Crippen LogP contribution in [0.1, 0.15) is 18.6 Å². The van der Waals surface area contributed by atoms with E-state index >= 15 is 0 Å². The minimum Gasteiger partial charge on any atom is -0.480 e. The van der Waals surface area contributed by atoms with Crippen LogP contribution in [0.4, 0.5) is 4.79 Å². The summed E-state index contributed by atoms with van der Waals surface area (Å²) < 4.78 is 5.16. The lowest BCUT2D eigenvalue weighted by Crippen LogP contribution is -2.45. The number of likely N-dealkylation sites (N-methyl/N-ethyl adjacent to an activating group) is 1. The van der Waals surface area contributed by atoms with Crippen molar-refractivity contribution in [1.29, 1.82) is 0 Å². The number of nitrogens with zero attached hydrogens (tertiary/aromatic N) is 2. The third-order valence-electron chi connectivity index (χ3n) is 2.32. The summed E-state index contributed by atoms with van der Waals surface area (Å²) in [5, 5.41) is 11.3. The molecule has 1 atom stereocenters. The van der Waals surface area contributed by atoms with E-state index < -0.39 is 18.0 Å². The predicted octanol–water partition coefficient (Wildman–Crippen LogP) is 0.598. The van der Waals surface area contributed by atoms with Crippen LogP contribution in [-0.2, 0) is 11.3 Å². The highest BCUT2D eigenvalue weighted by Crippen LogP contribution is 2.02. The van der Waals surface area contributed by atoms with Crippen LogP contribution >= 0.6 is 0 Å². The van der Waals surface area contributed by atoms with Crippen molar-refractivity contribution in [3.05, 3.63) is 17.8 Å². The summed E-state index contributed by atoms with van der Waals surface area (Å²) in [5.41, 5.74) is 0. The molecule has 2 amide bonds. The summed E-state index contributed by atoms with van der Waals surface area (Å²) in [7, 11) is 1.41. The van der Waals surface area contributed by atoms with Crippen molar-refractivity contribution in [1.82, 2.24) is 15.2 Å². The second-order valence-corrected chi connectivity index (χ2v) is 3.65. The van der Waals surface area contributed by atoms with Crippen molar-refractivity contribution >= 4 is 12.0 Å². The first kappa shape index (κ1) is 13.0. The number of carbonyl (C=O) groups is 2. The van der Waals surface area contributed by atoms with Gasteiger partial charge in [0.25, 0.3) is 0 Å². The number of nitrogens with one attached hydrogen (secondary N) is 1. The first-order chi connectivity index (χ1) is 7.91. The third-order valence-corrected chi connectivity index (χ3v) is 2.32. The molecule has 0 spiro atoms. The first-order valence-corrected chi connectivity index (χ1v) is 5.06. The number of hydrogen-bond acceptors (Lipinski definition) is 4. The molecule has 94 valence electrons. The van der Waals surface area contributed by atoms with E-state index in [0.29, 0.717) is 11.7 Å². The first-order valence-electron chi connectivity index (χ1n) is 5.06. The van der Waals surface area contributed by atoms with Crippen LogP contribution in [0.15, 0.2) is 10.6 Å². The second kappa shape index (κ2) is 5.33. The van der Waals surface area contributed by atoms with Gasteiger partial charge < -0.3 is 19.7 Å². The quantitative estimate of drug-likeness (QED) is 0.804. The maximum absolute atomic E-state index is 11.6. The fourth-order valence-electron chi connectivity index (χ4n) is 1.10. The van der Waals surface area contributed by atoms with Gasteiger partial charge in [0, 0.05) is 7.05 Å². The molecule has 0 fully saturated rings. The lowest BCUT2D eigenvalue weighted by atomic mass is 10.3. The van der Waals surface area contributed by atoms with E-state index in [1.807, 2.05) is 0 Å². The highest BCUT2D eigenvalue weighted by Gasteiger charge is 2.21. The predicted molar refractivity (Wildman–Crippen MR) is 58.3 cm³/mol. The standard InChI is InChI=1S/C10H15N3O4/c1-6-4-11-8(17-6)5-12-10(16)13(3)7(2)9(14)15/h4,7H,5H2,1-3H3,(H,12,16)(H,14,15). The van der Waals surface area contributed by atoms with Crippen LogP contribution in [0.25, 0.3) is 0 Å². The summed E-state index contributed by atoms with van der Waals surface area (Å²) >= 11 is 0. The monoisotopic (exact) mass is 241 g/mol. The Morgan fingerprint density at radius 1 is 1.65 bits per heavy atom. The van der Waals surface area contributed by atoms with E-state index in [-0.39, 0.29) is 6.54 Å². The molecule has 1 unspecified atom stereocenters. The largest absolute Gasteiger partial charge is 0.480 e. The van der Waals surface area contributed by atoms with Gasteiger partial charge in [0.05, 0.1) is 12.7 Å². The van der Waals surface area contributed by atoms with Gasteiger partial charge in [-0.2, -0.15) is 0 Å². The molecule has 0 saturated carbocycles. The van der Waals surface area contributed by atoms with Gasteiger partial charge in [-0.15, -0.1) is 0 Å². The summed E-state index contributed by atoms with van der Waals surface area (Å²) in [5.74, 6) is -0.0247. The zero-order valence-electron chi connectivity index (χ0n) is 9.93. The number of amides is 2. The van der Waals surface area contributed by atoms with Crippen molar-refractivity contribution in [2.75, 3.05) is 7.05 Å². The Bertz CT molecular complexity index is 415. The molecule has 1 heterocycles. The van der Waals surface area contributed by atoms with Crippen LogP contribution in [0.2, 0.25) is 0 Å². The zero-order valence-corrected chi connectivity index (χ0v) is 9.93. The number of hydrogen-bond donors (Lipinski definition) is 2. The molecular weight excluding hydrogens is 226 g/mol. The Balaban J connectivity index is 2.47. The Hall–Kier alpha value is -2.05. The van der Waals surface area contributed by atoms with Gasteiger partial charge in [0.15, 0.2) is 0 Å². The van der Waals surface area contributed by atoms with Crippen molar-refractivity contribution in [2.45, 2.75) is 26.4 Å². The van der Waals surface area contributed by atoms with Gasteiger partial charge >= 0.3 is 12.0 Å². The normalized spacial score (nSPS) is 11.9. The number of urea groups is 1. The van der Waals surface area contributed by atoms with Crippen molar-refractivity contribution in [3.63, 3.8) is 0 Å². The molecule has 0 aromatic carbocycles. The molecule has 1 aromatic rings. The van der Waals surface area contributed by atoms with Crippen molar-refractivity contribution in [3.8, 4) is 0 Å². The van der Waals surface area contributed by atoms with Crippen LogP contribution in [-0.4, -0.2) is 40.1 Å². The van der Waals surface area contributed by atoms with Gasteiger partial charge in [0.2, 0.25) is 5.89 Å². The van der Waals surface area contributed by atoms with Crippen LogP contribution < -0.4 is 5.32 Å². The smallest absolute Gasteiger partial charge is 0.326 e. The van der Waals surface area contributed by atoms with Gasteiger partial charge in [-0.3, -0.25) is 0 Å². The van der Waals surface area contributed by atoms with E-state index in [1.165, 1.54) is 14.0 Å². The lowest BCUT2D eigenvalue weighted by molar-refractivity contribution is -0.141. The molecule has 0 aliphatic carbocycles. The number of carboxylic acids is 1. The Morgan fingerprint density at radius 3 is 2.76 bits per heavy atom. The number of carbonyl (C=O) groups excluding carboxylic acids is 1.